The molecule has 0 bridgehead atoms. The number of carboxylic acids is 1. The zero-order valence-corrected chi connectivity index (χ0v) is 8.31. The second-order valence-corrected chi connectivity index (χ2v) is 3.43. The number of hydrogen-bond acceptors (Lipinski definition) is 5. The molecule has 6 heteroatoms. The lowest BCUT2D eigenvalue weighted by Gasteiger charge is -2.18. The molecule has 0 radical (unpaired) electrons. The quantitative estimate of drug-likeness (QED) is 0.406. The first-order valence-corrected chi connectivity index (χ1v) is 3.91. The minimum atomic E-state index is -1.24. The van der Waals surface area contributed by atoms with Gasteiger partial charge in [-0.3, -0.25) is 0 Å². The van der Waals surface area contributed by atoms with E-state index in [9.17, 15) is 9.59 Å². The number of aliphatic carboxylic acids is 1. The van der Waals surface area contributed by atoms with Crippen LogP contribution in [0, 0.1) is 0 Å². The lowest BCUT2D eigenvalue weighted by atomic mass is 10.2. The number of carbonyl (C=O) groups is 2. The molecule has 0 spiro atoms. The van der Waals surface area contributed by atoms with Crippen molar-refractivity contribution in [3.8, 4) is 0 Å². The van der Waals surface area contributed by atoms with Gasteiger partial charge in [-0.05, 0) is 20.8 Å². The molecule has 0 atom stereocenters. The summed E-state index contributed by atoms with van der Waals surface area (Å²) in [6.07, 6.45) is 0.546. The van der Waals surface area contributed by atoms with Crippen molar-refractivity contribution in [2.45, 2.75) is 26.4 Å². The van der Waals surface area contributed by atoms with E-state index in [1.165, 1.54) is 0 Å². The van der Waals surface area contributed by atoms with Gasteiger partial charge in [0.1, 0.15) is 5.60 Å². The van der Waals surface area contributed by atoms with E-state index < -0.39 is 24.1 Å². The summed E-state index contributed by atoms with van der Waals surface area (Å²) in [7, 11) is 0. The second-order valence-electron chi connectivity index (χ2n) is 3.43. The van der Waals surface area contributed by atoms with Crippen LogP contribution in [-0.2, 0) is 19.2 Å². The smallest absolute Gasteiger partial charge is 0.350 e. The van der Waals surface area contributed by atoms with E-state index in [-0.39, 0.29) is 0 Å². The van der Waals surface area contributed by atoms with Gasteiger partial charge in [0, 0.05) is 0 Å². The molecule has 0 rings (SSSR count). The summed E-state index contributed by atoms with van der Waals surface area (Å²) in [5.74, 6) is -1.84. The summed E-state index contributed by atoms with van der Waals surface area (Å²) in [5, 5.41) is 11.1. The average molecular weight is 203 g/mol. The molecule has 0 aliphatic rings. The molecule has 14 heavy (non-hydrogen) atoms. The zero-order chi connectivity index (χ0) is 11.2. The molecule has 80 valence electrons. The molecule has 0 aromatic rings. The fourth-order valence-corrected chi connectivity index (χ4v) is 0.543. The van der Waals surface area contributed by atoms with Gasteiger partial charge in [0.05, 0.1) is 0 Å². The van der Waals surface area contributed by atoms with E-state index in [1.54, 1.807) is 20.8 Å². The maximum Gasteiger partial charge on any atom is 0.350 e. The van der Waals surface area contributed by atoms with Gasteiger partial charge in [0.15, 0.2) is 6.21 Å². The molecule has 0 aromatic heterocycles. The third-order valence-corrected chi connectivity index (χ3v) is 0.840. The monoisotopic (exact) mass is 203 g/mol. The molecule has 6 nitrogen and oxygen atoms in total. The number of carbonyl (C=O) groups excluding carboxylic acids is 1. The first-order valence-electron chi connectivity index (χ1n) is 3.91. The van der Waals surface area contributed by atoms with Gasteiger partial charge in [-0.2, -0.15) is 0 Å². The van der Waals surface area contributed by atoms with Gasteiger partial charge in [0.25, 0.3) is 0 Å². The van der Waals surface area contributed by atoms with Crippen molar-refractivity contribution in [2.24, 2.45) is 5.16 Å². The Balaban J connectivity index is 3.71. The Morgan fingerprint density at radius 1 is 1.43 bits per heavy atom. The summed E-state index contributed by atoms with van der Waals surface area (Å²) in [5.41, 5.74) is -0.586. The van der Waals surface area contributed by atoms with E-state index in [0.717, 1.165) is 0 Å². The van der Waals surface area contributed by atoms with Gasteiger partial charge in [-0.15, -0.1) is 0 Å². The Hall–Kier alpha value is -1.59. The molecule has 0 amide bonds. The highest BCUT2D eigenvalue weighted by molar-refractivity contribution is 6.21. The Morgan fingerprint density at radius 3 is 2.43 bits per heavy atom. The molecular formula is C8H13NO5. The molecule has 0 unspecified atom stereocenters. The zero-order valence-electron chi connectivity index (χ0n) is 8.31. The second kappa shape index (κ2) is 5.21. The molecule has 0 saturated carbocycles. The summed E-state index contributed by atoms with van der Waals surface area (Å²) in [6, 6.07) is 0. The van der Waals surface area contributed by atoms with E-state index in [4.69, 9.17) is 9.84 Å². The van der Waals surface area contributed by atoms with E-state index in [2.05, 4.69) is 9.99 Å². The highest BCUT2D eigenvalue weighted by Crippen LogP contribution is 2.06. The Kier molecular flexibility index (Phi) is 4.62. The third-order valence-electron chi connectivity index (χ3n) is 0.840. The van der Waals surface area contributed by atoms with Gasteiger partial charge in [0.2, 0.25) is 6.61 Å². The van der Waals surface area contributed by atoms with Crippen molar-refractivity contribution >= 4 is 18.2 Å². The SMILES string of the molecule is CC(C)(C)OC(=O)CO/N=C/C(=O)O. The minimum Gasteiger partial charge on any atom is -0.477 e. The van der Waals surface area contributed by atoms with Crippen LogP contribution < -0.4 is 0 Å². The van der Waals surface area contributed by atoms with Crippen molar-refractivity contribution in [2.75, 3.05) is 6.61 Å². The number of esters is 1. The number of carboxylic acid groups (broad SMARTS) is 1. The topological polar surface area (TPSA) is 85.2 Å². The molecule has 0 saturated heterocycles. The maximum absolute atomic E-state index is 10.9. The van der Waals surface area contributed by atoms with Crippen molar-refractivity contribution in [1.29, 1.82) is 0 Å². The van der Waals surface area contributed by atoms with Crippen LogP contribution in [0.2, 0.25) is 0 Å². The molecule has 0 fully saturated rings. The molecule has 0 heterocycles. The fourth-order valence-electron chi connectivity index (χ4n) is 0.543. The van der Waals surface area contributed by atoms with Gasteiger partial charge in [-0.25, -0.2) is 9.59 Å². The highest BCUT2D eigenvalue weighted by atomic mass is 16.7. The molecule has 0 aromatic carbocycles. The van der Waals surface area contributed by atoms with Crippen molar-refractivity contribution in [3.63, 3.8) is 0 Å². The van der Waals surface area contributed by atoms with Gasteiger partial charge < -0.3 is 14.7 Å². The standard InChI is InChI=1S/C8H13NO5/c1-8(2,3)14-7(12)5-13-9-4-6(10)11/h4H,5H2,1-3H3,(H,10,11)/b9-4+. The van der Waals surface area contributed by atoms with Gasteiger partial charge in [-0.1, -0.05) is 5.16 Å². The van der Waals surface area contributed by atoms with Crippen molar-refractivity contribution < 1.29 is 24.3 Å². The number of ether oxygens (including phenoxy) is 1. The number of nitrogens with zero attached hydrogens (tertiary/aromatic N) is 1. The third kappa shape index (κ3) is 8.51. The van der Waals surface area contributed by atoms with Crippen molar-refractivity contribution in [3.05, 3.63) is 0 Å². The Labute approximate surface area is 81.5 Å². The molecule has 1 N–H and O–H groups in total. The van der Waals surface area contributed by atoms with E-state index in [0.29, 0.717) is 6.21 Å². The number of hydrogen-bond donors (Lipinski definition) is 1. The Bertz CT molecular complexity index is 241. The predicted octanol–water partition coefficient (Wildman–Crippen LogP) is 0.415. The molecule has 0 aliphatic carbocycles. The first-order chi connectivity index (χ1) is 6.31. The first kappa shape index (κ1) is 12.4. The van der Waals surface area contributed by atoms with Crippen LogP contribution in [0.25, 0.3) is 0 Å². The maximum atomic E-state index is 10.9. The predicted molar refractivity (Wildman–Crippen MR) is 47.9 cm³/mol. The number of oxime groups is 1. The number of rotatable bonds is 4. The lowest BCUT2D eigenvalue weighted by Crippen LogP contribution is -2.26. The van der Waals surface area contributed by atoms with E-state index >= 15 is 0 Å². The van der Waals surface area contributed by atoms with Crippen LogP contribution >= 0.6 is 0 Å². The molecular weight excluding hydrogens is 190 g/mol. The van der Waals surface area contributed by atoms with Crippen LogP contribution in [0.4, 0.5) is 0 Å². The van der Waals surface area contributed by atoms with Crippen LogP contribution in [0.3, 0.4) is 0 Å². The van der Waals surface area contributed by atoms with E-state index in [1.807, 2.05) is 0 Å². The highest BCUT2D eigenvalue weighted by Gasteiger charge is 2.16. The normalized spacial score (nSPS) is 11.4. The van der Waals surface area contributed by atoms with Gasteiger partial charge >= 0.3 is 11.9 Å². The summed E-state index contributed by atoms with van der Waals surface area (Å²) < 4.78 is 4.86. The van der Waals surface area contributed by atoms with Crippen LogP contribution in [0.1, 0.15) is 20.8 Å². The average Bonchev–Trinajstić information content (AvgIpc) is 1.94. The fraction of sp³-hybridized carbons (Fsp3) is 0.625. The van der Waals surface area contributed by atoms with Crippen molar-refractivity contribution in [1.82, 2.24) is 0 Å². The lowest BCUT2D eigenvalue weighted by molar-refractivity contribution is -0.160. The minimum absolute atomic E-state index is 0.402. The molecule has 0 aliphatic heterocycles. The Morgan fingerprint density at radius 2 is 2.00 bits per heavy atom. The van der Waals surface area contributed by atoms with Crippen LogP contribution in [-0.4, -0.2) is 35.5 Å². The van der Waals surface area contributed by atoms with Crippen LogP contribution in [0.15, 0.2) is 5.16 Å². The summed E-state index contributed by atoms with van der Waals surface area (Å²) in [6.45, 7) is 4.74. The van der Waals surface area contributed by atoms with Crippen LogP contribution in [0.5, 0.6) is 0 Å². The largest absolute Gasteiger partial charge is 0.477 e. The summed E-state index contributed by atoms with van der Waals surface area (Å²) in [4.78, 5) is 25.2. The summed E-state index contributed by atoms with van der Waals surface area (Å²) >= 11 is 0.